The van der Waals surface area contributed by atoms with E-state index in [0.29, 0.717) is 11.2 Å². The molecule has 2 rings (SSSR count). The monoisotopic (exact) mass is 210 g/mol. The number of Topliss-reactive ketones (excluding diaryl/α,β-unsaturated/α-hetero) is 1. The minimum Gasteiger partial charge on any atom is -0.380 e. The van der Waals surface area contributed by atoms with E-state index in [1.807, 2.05) is 0 Å². The molecule has 0 radical (unpaired) electrons. The normalized spacial score (nSPS) is 25.9. The molecule has 0 spiro atoms. The first-order chi connectivity index (χ1) is 7.23. The molecule has 1 saturated heterocycles. The lowest BCUT2D eigenvalue weighted by Gasteiger charge is -2.49. The smallest absolute Gasteiger partial charge is 0.129 e. The molecule has 15 heavy (non-hydrogen) atoms. The lowest BCUT2D eigenvalue weighted by atomic mass is 9.65. The summed E-state index contributed by atoms with van der Waals surface area (Å²) in [5.41, 5.74) is 0.381. The maximum absolute atomic E-state index is 11.1. The van der Waals surface area contributed by atoms with Gasteiger partial charge in [-0.3, -0.25) is 0 Å². The molecule has 1 aliphatic carbocycles. The molecule has 0 aromatic heterocycles. The summed E-state index contributed by atoms with van der Waals surface area (Å²) in [7, 11) is 0. The molecule has 0 atom stereocenters. The van der Waals surface area contributed by atoms with Gasteiger partial charge < -0.3 is 9.53 Å². The summed E-state index contributed by atoms with van der Waals surface area (Å²) in [5, 5.41) is 0. The maximum Gasteiger partial charge on any atom is 0.129 e. The Balaban J connectivity index is 1.91. The number of hydrogen-bond donors (Lipinski definition) is 0. The van der Waals surface area contributed by atoms with Crippen LogP contribution in [0, 0.1) is 11.3 Å². The second kappa shape index (κ2) is 4.65. The van der Waals surface area contributed by atoms with Gasteiger partial charge in [0.2, 0.25) is 0 Å². The zero-order valence-corrected chi connectivity index (χ0v) is 9.76. The summed E-state index contributed by atoms with van der Waals surface area (Å²) in [6.07, 6.45) is 8.70. The molecule has 2 fully saturated rings. The summed E-state index contributed by atoms with van der Waals surface area (Å²) in [6.45, 7) is 3.52. The molecule has 0 amide bonds. The lowest BCUT2D eigenvalue weighted by molar-refractivity contribution is -0.159. The first-order valence-corrected chi connectivity index (χ1v) is 6.30. The summed E-state index contributed by atoms with van der Waals surface area (Å²) in [6, 6.07) is 0. The van der Waals surface area contributed by atoms with E-state index in [2.05, 4.69) is 0 Å². The van der Waals surface area contributed by atoms with Crippen molar-refractivity contribution in [3.63, 3.8) is 0 Å². The van der Waals surface area contributed by atoms with E-state index in [9.17, 15) is 4.79 Å². The Morgan fingerprint density at radius 3 is 2.40 bits per heavy atom. The van der Waals surface area contributed by atoms with Crippen molar-refractivity contribution in [1.29, 1.82) is 0 Å². The Hall–Kier alpha value is -0.370. The molecular weight excluding hydrogens is 188 g/mol. The van der Waals surface area contributed by atoms with Gasteiger partial charge in [0.1, 0.15) is 5.78 Å². The van der Waals surface area contributed by atoms with Gasteiger partial charge in [0.25, 0.3) is 0 Å². The van der Waals surface area contributed by atoms with Gasteiger partial charge in [-0.2, -0.15) is 0 Å². The molecule has 1 heterocycles. The zero-order valence-electron chi connectivity index (χ0n) is 9.76. The number of ether oxygens (including phenoxy) is 1. The summed E-state index contributed by atoms with van der Waals surface area (Å²) in [5.74, 6) is 1.16. The third-order valence-corrected chi connectivity index (χ3v) is 4.23. The fourth-order valence-corrected chi connectivity index (χ4v) is 3.09. The van der Waals surface area contributed by atoms with Crippen molar-refractivity contribution in [2.24, 2.45) is 11.3 Å². The fraction of sp³-hybridized carbons (Fsp3) is 0.923. The minimum atomic E-state index is 0.331. The standard InChI is InChI=1S/C13H22O2/c1-11(14)7-8-13(9-15-10-13)12-5-3-2-4-6-12/h12H,2-10H2,1H3. The number of carbonyl (C=O) groups is 1. The molecule has 2 heteroatoms. The highest BCUT2D eigenvalue weighted by molar-refractivity contribution is 5.75. The molecule has 0 aromatic carbocycles. The number of hydrogen-bond acceptors (Lipinski definition) is 2. The van der Waals surface area contributed by atoms with Gasteiger partial charge in [-0.25, -0.2) is 0 Å². The highest BCUT2D eigenvalue weighted by Crippen LogP contribution is 2.46. The zero-order chi connectivity index (χ0) is 10.7. The molecule has 0 unspecified atom stereocenters. The summed E-state index contributed by atoms with van der Waals surface area (Å²) >= 11 is 0. The van der Waals surface area contributed by atoms with Crippen LogP contribution in [0.15, 0.2) is 0 Å². The van der Waals surface area contributed by atoms with E-state index in [4.69, 9.17) is 4.74 Å². The molecule has 2 aliphatic rings. The van der Waals surface area contributed by atoms with Crippen molar-refractivity contribution in [2.45, 2.75) is 51.9 Å². The lowest BCUT2D eigenvalue weighted by Crippen LogP contribution is -2.49. The topological polar surface area (TPSA) is 26.3 Å². The van der Waals surface area contributed by atoms with Crippen molar-refractivity contribution in [2.75, 3.05) is 13.2 Å². The Kier molecular flexibility index (Phi) is 3.45. The molecule has 0 aromatic rings. The van der Waals surface area contributed by atoms with Crippen LogP contribution in [0.3, 0.4) is 0 Å². The Morgan fingerprint density at radius 2 is 1.93 bits per heavy atom. The summed E-state index contributed by atoms with van der Waals surface area (Å²) in [4.78, 5) is 11.1. The molecule has 0 bridgehead atoms. The van der Waals surface area contributed by atoms with Gasteiger partial charge >= 0.3 is 0 Å². The van der Waals surface area contributed by atoms with E-state index >= 15 is 0 Å². The third-order valence-electron chi connectivity index (χ3n) is 4.23. The second-order valence-electron chi connectivity index (χ2n) is 5.39. The van der Waals surface area contributed by atoms with Gasteiger partial charge in [0, 0.05) is 11.8 Å². The molecule has 1 aliphatic heterocycles. The van der Waals surface area contributed by atoms with Gasteiger partial charge in [0.15, 0.2) is 0 Å². The van der Waals surface area contributed by atoms with Gasteiger partial charge in [0.05, 0.1) is 13.2 Å². The highest BCUT2D eigenvalue weighted by Gasteiger charge is 2.45. The van der Waals surface area contributed by atoms with Crippen LogP contribution in [0.4, 0.5) is 0 Å². The molecular formula is C13H22O2. The van der Waals surface area contributed by atoms with Crippen LogP contribution in [0.2, 0.25) is 0 Å². The van der Waals surface area contributed by atoms with Crippen molar-refractivity contribution in [3.8, 4) is 0 Å². The van der Waals surface area contributed by atoms with Crippen LogP contribution < -0.4 is 0 Å². The van der Waals surface area contributed by atoms with Crippen LogP contribution in [0.25, 0.3) is 0 Å². The Bertz CT molecular complexity index is 225. The van der Waals surface area contributed by atoms with Crippen LogP contribution in [0.5, 0.6) is 0 Å². The molecule has 1 saturated carbocycles. The average Bonchev–Trinajstić information content (AvgIpc) is 2.17. The first kappa shape index (κ1) is 11.1. The first-order valence-electron chi connectivity index (χ1n) is 6.30. The number of rotatable bonds is 4. The molecule has 86 valence electrons. The third kappa shape index (κ3) is 2.41. The Morgan fingerprint density at radius 1 is 1.27 bits per heavy atom. The van der Waals surface area contributed by atoms with Crippen molar-refractivity contribution >= 4 is 5.78 Å². The predicted molar refractivity (Wildman–Crippen MR) is 59.7 cm³/mol. The predicted octanol–water partition coefficient (Wildman–Crippen LogP) is 2.95. The minimum absolute atomic E-state index is 0.331. The van der Waals surface area contributed by atoms with Crippen molar-refractivity contribution in [1.82, 2.24) is 0 Å². The van der Waals surface area contributed by atoms with Crippen molar-refractivity contribution in [3.05, 3.63) is 0 Å². The van der Waals surface area contributed by atoms with Crippen LogP contribution in [-0.2, 0) is 9.53 Å². The van der Waals surface area contributed by atoms with Crippen molar-refractivity contribution < 1.29 is 9.53 Å². The van der Waals surface area contributed by atoms with Crippen LogP contribution >= 0.6 is 0 Å². The maximum atomic E-state index is 11.1. The quantitative estimate of drug-likeness (QED) is 0.713. The molecule has 2 nitrogen and oxygen atoms in total. The summed E-state index contributed by atoms with van der Waals surface area (Å²) < 4.78 is 5.41. The fourth-order valence-electron chi connectivity index (χ4n) is 3.09. The van der Waals surface area contributed by atoms with E-state index in [0.717, 1.165) is 32.0 Å². The number of carbonyl (C=O) groups excluding carboxylic acids is 1. The number of ketones is 1. The van der Waals surface area contributed by atoms with Gasteiger partial charge in [-0.05, 0) is 32.1 Å². The van der Waals surface area contributed by atoms with E-state index < -0.39 is 0 Å². The van der Waals surface area contributed by atoms with Gasteiger partial charge in [-0.15, -0.1) is 0 Å². The highest BCUT2D eigenvalue weighted by atomic mass is 16.5. The second-order valence-corrected chi connectivity index (χ2v) is 5.39. The van der Waals surface area contributed by atoms with E-state index in [-0.39, 0.29) is 0 Å². The SMILES string of the molecule is CC(=O)CCC1(C2CCCCC2)COC1. The molecule has 0 N–H and O–H groups in total. The van der Waals surface area contributed by atoms with E-state index in [1.54, 1.807) is 6.92 Å². The van der Waals surface area contributed by atoms with Gasteiger partial charge in [-0.1, -0.05) is 19.3 Å². The largest absolute Gasteiger partial charge is 0.380 e. The van der Waals surface area contributed by atoms with Crippen LogP contribution in [-0.4, -0.2) is 19.0 Å². The van der Waals surface area contributed by atoms with Crippen LogP contribution in [0.1, 0.15) is 51.9 Å². The van der Waals surface area contributed by atoms with E-state index in [1.165, 1.54) is 32.1 Å². The average molecular weight is 210 g/mol. The Labute approximate surface area is 92.4 Å².